The highest BCUT2D eigenvalue weighted by Gasteiger charge is 2.15. The third-order valence-corrected chi connectivity index (χ3v) is 3.04. The van der Waals surface area contributed by atoms with Crippen molar-refractivity contribution >= 4 is 5.97 Å². The van der Waals surface area contributed by atoms with Crippen molar-refractivity contribution in [3.8, 4) is 18.1 Å². The number of ether oxygens (including phenoxy) is 2. The van der Waals surface area contributed by atoms with E-state index in [-0.39, 0.29) is 19.0 Å². The fourth-order valence-corrected chi connectivity index (χ4v) is 2.07. The molecule has 0 unspecified atom stereocenters. The summed E-state index contributed by atoms with van der Waals surface area (Å²) in [6.07, 6.45) is 7.17. The van der Waals surface area contributed by atoms with E-state index in [0.717, 1.165) is 35.3 Å². The van der Waals surface area contributed by atoms with E-state index in [2.05, 4.69) is 12.8 Å². The third kappa shape index (κ3) is 3.75. The van der Waals surface area contributed by atoms with E-state index in [0.29, 0.717) is 0 Å². The summed E-state index contributed by atoms with van der Waals surface area (Å²) in [6.45, 7) is 4.34. The van der Waals surface area contributed by atoms with Gasteiger partial charge in [0.1, 0.15) is 12.4 Å². The fraction of sp³-hybridized carbons (Fsp3) is 0.438. The molecule has 0 radical (unpaired) electrons. The largest absolute Gasteiger partial charge is 0.480 e. The van der Waals surface area contributed by atoms with Crippen LogP contribution in [0.1, 0.15) is 30.5 Å². The molecule has 0 aliphatic rings. The number of benzene rings is 1. The lowest BCUT2D eigenvalue weighted by Crippen LogP contribution is -2.09. The lowest BCUT2D eigenvalue weighted by atomic mass is 9.97. The molecule has 1 rings (SSSR count). The first-order chi connectivity index (χ1) is 9.17. The van der Waals surface area contributed by atoms with Crippen molar-refractivity contribution < 1.29 is 14.3 Å². The molecule has 0 aliphatic heterocycles. The molecule has 1 aromatic carbocycles. The zero-order chi connectivity index (χ0) is 14.3. The van der Waals surface area contributed by atoms with Gasteiger partial charge in [-0.25, -0.2) is 0 Å². The first-order valence-corrected chi connectivity index (χ1v) is 6.44. The number of hydrogen-bond acceptors (Lipinski definition) is 3. The summed E-state index contributed by atoms with van der Waals surface area (Å²) >= 11 is 0. The molecule has 0 N–H and O–H groups in total. The Hall–Kier alpha value is -1.95. The van der Waals surface area contributed by atoms with Crippen molar-refractivity contribution in [2.24, 2.45) is 0 Å². The third-order valence-electron chi connectivity index (χ3n) is 3.04. The van der Waals surface area contributed by atoms with Gasteiger partial charge in [0.25, 0.3) is 0 Å². The Morgan fingerprint density at radius 2 is 1.95 bits per heavy atom. The Morgan fingerprint density at radius 1 is 1.26 bits per heavy atom. The zero-order valence-corrected chi connectivity index (χ0v) is 11.8. The number of esters is 1. The summed E-state index contributed by atoms with van der Waals surface area (Å²) < 4.78 is 10.4. The van der Waals surface area contributed by atoms with Crippen molar-refractivity contribution in [3.63, 3.8) is 0 Å². The summed E-state index contributed by atoms with van der Waals surface area (Å²) in [7, 11) is 1.39. The smallest absolute Gasteiger partial charge is 0.309 e. The molecule has 3 nitrogen and oxygen atoms in total. The van der Waals surface area contributed by atoms with Crippen LogP contribution < -0.4 is 4.74 Å². The topological polar surface area (TPSA) is 35.5 Å². The van der Waals surface area contributed by atoms with Crippen molar-refractivity contribution in [2.75, 3.05) is 13.7 Å². The molecular formula is C16H20O3. The number of rotatable bonds is 6. The summed E-state index contributed by atoms with van der Waals surface area (Å²) in [6, 6.07) is 3.96. The van der Waals surface area contributed by atoms with Crippen LogP contribution in [0.25, 0.3) is 0 Å². The first-order valence-electron chi connectivity index (χ1n) is 6.44. The van der Waals surface area contributed by atoms with E-state index in [1.54, 1.807) is 0 Å². The number of methoxy groups -OCH3 is 1. The molecule has 102 valence electrons. The molecule has 3 heteroatoms. The van der Waals surface area contributed by atoms with Gasteiger partial charge in [-0.3, -0.25) is 4.79 Å². The predicted octanol–water partition coefficient (Wildman–Crippen LogP) is 2.54. The van der Waals surface area contributed by atoms with Crippen LogP contribution >= 0.6 is 0 Å². The van der Waals surface area contributed by atoms with Gasteiger partial charge in [-0.1, -0.05) is 31.9 Å². The molecule has 0 fully saturated rings. The lowest BCUT2D eigenvalue weighted by molar-refractivity contribution is -0.139. The molecule has 0 bridgehead atoms. The average molecular weight is 260 g/mol. The quantitative estimate of drug-likeness (QED) is 0.582. The number of terminal acetylenes is 1. The second kappa shape index (κ2) is 7.48. The van der Waals surface area contributed by atoms with Gasteiger partial charge < -0.3 is 9.47 Å². The zero-order valence-electron chi connectivity index (χ0n) is 11.8. The summed E-state index contributed by atoms with van der Waals surface area (Å²) in [4.78, 5) is 11.4. The summed E-state index contributed by atoms with van der Waals surface area (Å²) in [5, 5.41) is 0. The Kier molecular flexibility index (Phi) is 5.95. The maximum absolute atomic E-state index is 11.4. The van der Waals surface area contributed by atoms with Crippen molar-refractivity contribution in [2.45, 2.75) is 33.1 Å². The van der Waals surface area contributed by atoms with Gasteiger partial charge in [0.05, 0.1) is 13.5 Å². The summed E-state index contributed by atoms with van der Waals surface area (Å²) in [5.74, 6) is 3.05. The van der Waals surface area contributed by atoms with Crippen LogP contribution in [-0.4, -0.2) is 19.7 Å². The predicted molar refractivity (Wildman–Crippen MR) is 75.2 cm³/mol. The van der Waals surface area contributed by atoms with Gasteiger partial charge in [0.15, 0.2) is 0 Å². The van der Waals surface area contributed by atoms with Crippen LogP contribution in [0.2, 0.25) is 0 Å². The van der Waals surface area contributed by atoms with E-state index < -0.39 is 0 Å². The van der Waals surface area contributed by atoms with E-state index in [1.165, 1.54) is 7.11 Å². The Bertz CT molecular complexity index is 484. The number of carbonyl (C=O) groups excluding carboxylic acids is 1. The average Bonchev–Trinajstić information content (AvgIpc) is 2.44. The lowest BCUT2D eigenvalue weighted by Gasteiger charge is -2.16. The molecule has 0 aliphatic carbocycles. The molecule has 0 atom stereocenters. The minimum absolute atomic E-state index is 0.238. The fourth-order valence-electron chi connectivity index (χ4n) is 2.07. The van der Waals surface area contributed by atoms with E-state index in [4.69, 9.17) is 15.9 Å². The standard InChI is InChI=1S/C16H20O3/c1-5-10-19-16-12(6-2)8-9-13(14(16)7-3)11-15(17)18-4/h1,8-9H,6-7,10-11H2,2-4H3. The summed E-state index contributed by atoms with van der Waals surface area (Å²) in [5.41, 5.74) is 3.10. The SMILES string of the molecule is C#CCOc1c(CC)ccc(CC(=O)OC)c1CC. The van der Waals surface area contributed by atoms with Crippen LogP contribution in [0, 0.1) is 12.3 Å². The monoisotopic (exact) mass is 260 g/mol. The van der Waals surface area contributed by atoms with Gasteiger partial charge in [0.2, 0.25) is 0 Å². The van der Waals surface area contributed by atoms with Crippen LogP contribution in [0.4, 0.5) is 0 Å². The van der Waals surface area contributed by atoms with Crippen molar-refractivity contribution in [3.05, 3.63) is 28.8 Å². The minimum Gasteiger partial charge on any atom is -0.480 e. The molecular weight excluding hydrogens is 240 g/mol. The molecule has 1 aromatic rings. The molecule has 0 saturated carbocycles. The molecule has 0 spiro atoms. The maximum Gasteiger partial charge on any atom is 0.309 e. The van der Waals surface area contributed by atoms with Gasteiger partial charge in [-0.05, 0) is 29.5 Å². The molecule has 0 aromatic heterocycles. The van der Waals surface area contributed by atoms with Gasteiger partial charge >= 0.3 is 5.97 Å². The van der Waals surface area contributed by atoms with E-state index >= 15 is 0 Å². The van der Waals surface area contributed by atoms with Crippen LogP contribution in [0.15, 0.2) is 12.1 Å². The van der Waals surface area contributed by atoms with Gasteiger partial charge in [-0.2, -0.15) is 0 Å². The normalized spacial score (nSPS) is 9.79. The first kappa shape index (κ1) is 15.1. The molecule has 0 heterocycles. The molecule has 19 heavy (non-hydrogen) atoms. The van der Waals surface area contributed by atoms with Crippen molar-refractivity contribution in [1.29, 1.82) is 0 Å². The Labute approximate surface area is 114 Å². The highest BCUT2D eigenvalue weighted by molar-refractivity contribution is 5.73. The number of carbonyl (C=O) groups is 1. The van der Waals surface area contributed by atoms with Crippen molar-refractivity contribution in [1.82, 2.24) is 0 Å². The van der Waals surface area contributed by atoms with Crippen LogP contribution in [-0.2, 0) is 28.8 Å². The van der Waals surface area contributed by atoms with E-state index in [9.17, 15) is 4.79 Å². The van der Waals surface area contributed by atoms with Gasteiger partial charge in [0, 0.05) is 0 Å². The minimum atomic E-state index is -0.248. The molecule has 0 amide bonds. The van der Waals surface area contributed by atoms with Crippen LogP contribution in [0.5, 0.6) is 5.75 Å². The van der Waals surface area contributed by atoms with Gasteiger partial charge in [-0.15, -0.1) is 6.42 Å². The molecule has 0 saturated heterocycles. The number of hydrogen-bond donors (Lipinski definition) is 0. The highest BCUT2D eigenvalue weighted by Crippen LogP contribution is 2.29. The van der Waals surface area contributed by atoms with Crippen LogP contribution in [0.3, 0.4) is 0 Å². The number of aryl methyl sites for hydroxylation is 1. The second-order valence-corrected chi connectivity index (χ2v) is 4.14. The second-order valence-electron chi connectivity index (χ2n) is 4.14. The van der Waals surface area contributed by atoms with E-state index in [1.807, 2.05) is 19.1 Å². The Morgan fingerprint density at radius 3 is 2.47 bits per heavy atom. The highest BCUT2D eigenvalue weighted by atomic mass is 16.5. The Balaban J connectivity index is 3.19. The maximum atomic E-state index is 11.4.